The lowest BCUT2D eigenvalue weighted by Crippen LogP contribution is -2.56. The van der Waals surface area contributed by atoms with Crippen molar-refractivity contribution >= 4 is 17.5 Å². The van der Waals surface area contributed by atoms with Crippen LogP contribution in [-0.4, -0.2) is 85.4 Å². The van der Waals surface area contributed by atoms with E-state index in [1.165, 1.54) is 6.07 Å². The first-order valence-corrected chi connectivity index (χ1v) is 11.7. The number of hydrogen-bond donors (Lipinski definition) is 0. The van der Waals surface area contributed by atoms with Gasteiger partial charge in [0.1, 0.15) is 5.82 Å². The first kappa shape index (κ1) is 23.2. The van der Waals surface area contributed by atoms with Gasteiger partial charge >= 0.3 is 0 Å². The first-order chi connectivity index (χ1) is 15.9. The van der Waals surface area contributed by atoms with Gasteiger partial charge < -0.3 is 14.7 Å². The van der Waals surface area contributed by atoms with Gasteiger partial charge in [-0.05, 0) is 31.5 Å². The minimum atomic E-state index is -0.572. The van der Waals surface area contributed by atoms with E-state index in [2.05, 4.69) is 4.90 Å². The SMILES string of the molecule is CC(C)(C(=O)N1CCN(CC(=O)N2CCN(c3ccccc3F)CC2)CC1)c1ccccc1. The average molecular weight is 453 g/mol. The Hall–Kier alpha value is -2.93. The molecule has 0 atom stereocenters. The van der Waals surface area contributed by atoms with Crippen molar-refractivity contribution in [3.05, 3.63) is 66.0 Å². The fourth-order valence-corrected chi connectivity index (χ4v) is 4.68. The van der Waals surface area contributed by atoms with Gasteiger partial charge in [0.05, 0.1) is 17.6 Å². The van der Waals surface area contributed by atoms with Crippen LogP contribution in [0.1, 0.15) is 19.4 Å². The van der Waals surface area contributed by atoms with Crippen LogP contribution in [0, 0.1) is 5.82 Å². The molecule has 0 aromatic heterocycles. The largest absolute Gasteiger partial charge is 0.366 e. The molecule has 4 rings (SSSR count). The molecule has 2 amide bonds. The lowest BCUT2D eigenvalue weighted by atomic mass is 9.83. The number of benzene rings is 2. The predicted octanol–water partition coefficient (Wildman–Crippen LogP) is 2.60. The Morgan fingerprint density at radius 2 is 1.36 bits per heavy atom. The molecule has 6 nitrogen and oxygen atoms in total. The number of halogens is 1. The van der Waals surface area contributed by atoms with Crippen molar-refractivity contribution < 1.29 is 14.0 Å². The van der Waals surface area contributed by atoms with Gasteiger partial charge in [-0.1, -0.05) is 42.5 Å². The molecule has 2 saturated heterocycles. The molecule has 7 heteroatoms. The molecule has 2 aliphatic heterocycles. The van der Waals surface area contributed by atoms with Crippen molar-refractivity contribution in [2.75, 3.05) is 63.8 Å². The maximum absolute atomic E-state index is 14.0. The Kier molecular flexibility index (Phi) is 6.98. The van der Waals surface area contributed by atoms with E-state index < -0.39 is 5.41 Å². The zero-order valence-corrected chi connectivity index (χ0v) is 19.5. The van der Waals surface area contributed by atoms with Crippen molar-refractivity contribution in [3.8, 4) is 0 Å². The number of anilines is 1. The van der Waals surface area contributed by atoms with Crippen LogP contribution < -0.4 is 4.90 Å². The van der Waals surface area contributed by atoms with Gasteiger partial charge in [-0.2, -0.15) is 0 Å². The Morgan fingerprint density at radius 3 is 2.00 bits per heavy atom. The van der Waals surface area contributed by atoms with E-state index in [9.17, 15) is 14.0 Å². The molecule has 2 aliphatic rings. The number of rotatable bonds is 5. The number of nitrogens with zero attached hydrogens (tertiary/aromatic N) is 4. The van der Waals surface area contributed by atoms with Crippen LogP contribution in [0.3, 0.4) is 0 Å². The van der Waals surface area contributed by atoms with Gasteiger partial charge in [0, 0.05) is 52.4 Å². The summed E-state index contributed by atoms with van der Waals surface area (Å²) in [4.78, 5) is 33.9. The van der Waals surface area contributed by atoms with Crippen molar-refractivity contribution in [3.63, 3.8) is 0 Å². The monoisotopic (exact) mass is 452 g/mol. The van der Waals surface area contributed by atoms with E-state index in [1.54, 1.807) is 12.1 Å². The summed E-state index contributed by atoms with van der Waals surface area (Å²) in [6, 6.07) is 16.7. The molecule has 0 unspecified atom stereocenters. The topological polar surface area (TPSA) is 47.1 Å². The van der Waals surface area contributed by atoms with Crippen LogP contribution in [0.2, 0.25) is 0 Å². The molecule has 0 bridgehead atoms. The number of piperazine rings is 2. The molecule has 2 heterocycles. The van der Waals surface area contributed by atoms with Gasteiger partial charge in [-0.15, -0.1) is 0 Å². The molecule has 33 heavy (non-hydrogen) atoms. The third-order valence-corrected chi connectivity index (χ3v) is 6.87. The lowest BCUT2D eigenvalue weighted by molar-refractivity contribution is -0.139. The van der Waals surface area contributed by atoms with Crippen molar-refractivity contribution in [2.24, 2.45) is 0 Å². The number of carbonyl (C=O) groups is 2. The van der Waals surface area contributed by atoms with E-state index >= 15 is 0 Å². The maximum Gasteiger partial charge on any atom is 0.236 e. The first-order valence-electron chi connectivity index (χ1n) is 11.7. The molecule has 0 N–H and O–H groups in total. The standard InChI is InChI=1S/C26H33FN4O2/c1-26(2,21-8-4-3-5-9-21)25(33)31-14-12-28(13-15-31)20-24(32)30-18-16-29(17-19-30)23-11-7-6-10-22(23)27/h3-11H,12-20H2,1-2H3. The quantitative estimate of drug-likeness (QED) is 0.700. The second-order valence-corrected chi connectivity index (χ2v) is 9.38. The minimum absolute atomic E-state index is 0.104. The maximum atomic E-state index is 14.0. The number of hydrogen-bond acceptors (Lipinski definition) is 4. The van der Waals surface area contributed by atoms with Crippen molar-refractivity contribution in [1.82, 2.24) is 14.7 Å². The van der Waals surface area contributed by atoms with Crippen LogP contribution in [0.5, 0.6) is 0 Å². The molecule has 0 saturated carbocycles. The Morgan fingerprint density at radius 1 is 0.788 bits per heavy atom. The summed E-state index contributed by atoms with van der Waals surface area (Å²) in [6.07, 6.45) is 0. The Balaban J connectivity index is 1.24. The van der Waals surface area contributed by atoms with Crippen LogP contribution >= 0.6 is 0 Å². The van der Waals surface area contributed by atoms with Gasteiger partial charge in [-0.25, -0.2) is 4.39 Å². The lowest BCUT2D eigenvalue weighted by Gasteiger charge is -2.40. The molecule has 0 aliphatic carbocycles. The second-order valence-electron chi connectivity index (χ2n) is 9.38. The molecule has 0 spiro atoms. The number of amides is 2. The predicted molar refractivity (Wildman–Crippen MR) is 128 cm³/mol. The van der Waals surface area contributed by atoms with E-state index in [1.807, 2.05) is 64.9 Å². The molecular weight excluding hydrogens is 419 g/mol. The summed E-state index contributed by atoms with van der Waals surface area (Å²) >= 11 is 0. The molecule has 2 fully saturated rings. The highest BCUT2D eigenvalue weighted by molar-refractivity contribution is 5.87. The summed E-state index contributed by atoms with van der Waals surface area (Å²) in [7, 11) is 0. The highest BCUT2D eigenvalue weighted by atomic mass is 19.1. The zero-order chi connectivity index (χ0) is 23.4. The van der Waals surface area contributed by atoms with Crippen LogP contribution in [0.25, 0.3) is 0 Å². The van der Waals surface area contributed by atoms with Crippen LogP contribution in [-0.2, 0) is 15.0 Å². The Bertz CT molecular complexity index is 965. The second kappa shape index (κ2) is 9.91. The van der Waals surface area contributed by atoms with Gasteiger partial charge in [-0.3, -0.25) is 14.5 Å². The summed E-state index contributed by atoms with van der Waals surface area (Å²) in [5.74, 6) is 0.0108. The highest BCUT2D eigenvalue weighted by Gasteiger charge is 2.35. The number of carbonyl (C=O) groups excluding carboxylic acids is 2. The smallest absolute Gasteiger partial charge is 0.236 e. The van der Waals surface area contributed by atoms with Crippen LogP contribution in [0.15, 0.2) is 54.6 Å². The van der Waals surface area contributed by atoms with Crippen LogP contribution in [0.4, 0.5) is 10.1 Å². The summed E-state index contributed by atoms with van der Waals surface area (Å²) < 4.78 is 14.0. The third kappa shape index (κ3) is 5.19. The normalized spacial score (nSPS) is 17.8. The molecular formula is C26H33FN4O2. The summed E-state index contributed by atoms with van der Waals surface area (Å²) in [5, 5.41) is 0. The fourth-order valence-electron chi connectivity index (χ4n) is 4.68. The van der Waals surface area contributed by atoms with E-state index in [0.29, 0.717) is 64.6 Å². The summed E-state index contributed by atoms with van der Waals surface area (Å²) in [6.45, 7) is 9.40. The molecule has 0 radical (unpaired) electrons. The highest BCUT2D eigenvalue weighted by Crippen LogP contribution is 2.26. The molecule has 2 aromatic carbocycles. The number of para-hydroxylation sites is 1. The zero-order valence-electron chi connectivity index (χ0n) is 19.5. The van der Waals surface area contributed by atoms with Gasteiger partial charge in [0.25, 0.3) is 0 Å². The molecule has 2 aromatic rings. The van der Waals surface area contributed by atoms with Gasteiger partial charge in [0.15, 0.2) is 0 Å². The summed E-state index contributed by atoms with van der Waals surface area (Å²) in [5.41, 5.74) is 1.04. The van der Waals surface area contributed by atoms with Crippen molar-refractivity contribution in [2.45, 2.75) is 19.3 Å². The average Bonchev–Trinajstić information content (AvgIpc) is 2.85. The Labute approximate surface area is 195 Å². The van der Waals surface area contributed by atoms with E-state index in [0.717, 1.165) is 5.56 Å². The molecule has 176 valence electrons. The van der Waals surface area contributed by atoms with E-state index in [-0.39, 0.29) is 17.6 Å². The minimum Gasteiger partial charge on any atom is -0.366 e. The fraction of sp³-hybridized carbons (Fsp3) is 0.462. The van der Waals surface area contributed by atoms with E-state index in [4.69, 9.17) is 0 Å². The van der Waals surface area contributed by atoms with Gasteiger partial charge in [0.2, 0.25) is 11.8 Å². The third-order valence-electron chi connectivity index (χ3n) is 6.87. The van der Waals surface area contributed by atoms with Crippen molar-refractivity contribution in [1.29, 1.82) is 0 Å².